The zero-order valence-corrected chi connectivity index (χ0v) is 13.8. The molecule has 1 aliphatic carbocycles. The van der Waals surface area contributed by atoms with Crippen LogP contribution >= 0.6 is 11.6 Å². The monoisotopic (exact) mass is 361 g/mol. The number of hydrogen-bond donors (Lipinski definition) is 1. The second-order valence-electron chi connectivity index (χ2n) is 5.60. The maximum atomic E-state index is 12.9. The summed E-state index contributed by atoms with van der Waals surface area (Å²) in [6.07, 6.45) is 0. The molecule has 1 aliphatic rings. The molecule has 1 saturated carbocycles. The molecule has 1 fully saturated rings. The lowest BCUT2D eigenvalue weighted by Crippen LogP contribution is -2.22. The highest BCUT2D eigenvalue weighted by Crippen LogP contribution is 2.64. The fraction of sp³-hybridized carbons (Fsp3) is 0.176. The summed E-state index contributed by atoms with van der Waals surface area (Å²) in [5.74, 6) is -2.41. The van der Waals surface area contributed by atoms with E-state index in [1.54, 1.807) is 42.5 Å². The first-order valence-corrected chi connectivity index (χ1v) is 8.97. The molecule has 24 heavy (non-hydrogen) atoms. The van der Waals surface area contributed by atoms with Gasteiger partial charge in [0.15, 0.2) is 15.3 Å². The average Bonchev–Trinajstić information content (AvgIpc) is 3.27. The van der Waals surface area contributed by atoms with Crippen LogP contribution in [0.15, 0.2) is 59.5 Å². The van der Waals surface area contributed by atoms with Crippen LogP contribution in [0.1, 0.15) is 11.5 Å². The number of benzene rings is 2. The molecule has 1 N–H and O–H groups in total. The zero-order valence-electron chi connectivity index (χ0n) is 12.3. The van der Waals surface area contributed by atoms with Crippen LogP contribution < -0.4 is 0 Å². The molecule has 0 heterocycles. The Kier molecular flexibility index (Phi) is 3.86. The normalized spacial score (nSPS) is 25.7. The van der Waals surface area contributed by atoms with Gasteiger partial charge in [-0.15, -0.1) is 0 Å². The standard InChI is InChI=1S/C17H12ClNO4S/c18-12-6-4-5-11(9-12)14-15(17(14,10-19)16(20)21)24(22,23)13-7-2-1-3-8-13/h1-9,14-15H,(H,20,21)/t14-,15+,17-/m0/s1. The number of hydrogen-bond acceptors (Lipinski definition) is 4. The van der Waals surface area contributed by atoms with Crippen molar-refractivity contribution in [3.8, 4) is 6.07 Å². The molecule has 3 rings (SSSR count). The number of sulfone groups is 1. The van der Waals surface area contributed by atoms with E-state index in [0.717, 1.165) is 0 Å². The van der Waals surface area contributed by atoms with E-state index in [9.17, 15) is 23.6 Å². The van der Waals surface area contributed by atoms with Crippen LogP contribution in [0.2, 0.25) is 5.02 Å². The third-order valence-electron chi connectivity index (χ3n) is 4.29. The lowest BCUT2D eigenvalue weighted by atomic mass is 10.0. The van der Waals surface area contributed by atoms with Crippen molar-refractivity contribution in [2.75, 3.05) is 0 Å². The van der Waals surface area contributed by atoms with Crippen molar-refractivity contribution in [1.29, 1.82) is 5.26 Å². The second kappa shape index (κ2) is 5.62. The van der Waals surface area contributed by atoms with Crippen molar-refractivity contribution >= 4 is 27.4 Å². The molecule has 122 valence electrons. The smallest absolute Gasteiger partial charge is 0.326 e. The molecule has 0 amide bonds. The highest BCUT2D eigenvalue weighted by Gasteiger charge is 2.77. The quantitative estimate of drug-likeness (QED) is 0.903. The molecule has 0 saturated heterocycles. The van der Waals surface area contributed by atoms with Gasteiger partial charge in [-0.1, -0.05) is 41.9 Å². The number of carboxylic acids is 1. The van der Waals surface area contributed by atoms with Gasteiger partial charge < -0.3 is 5.11 Å². The molecular formula is C17H12ClNO4S. The Balaban J connectivity index is 2.16. The SMILES string of the molecule is N#C[C@@]1(C(=O)O)[C@H](S(=O)(=O)c2ccccc2)[C@@H]1c1cccc(Cl)c1. The minimum atomic E-state index is -3.99. The molecular weight excluding hydrogens is 350 g/mol. The molecule has 2 aromatic carbocycles. The highest BCUT2D eigenvalue weighted by atomic mass is 35.5. The van der Waals surface area contributed by atoms with E-state index in [-0.39, 0.29) is 4.90 Å². The largest absolute Gasteiger partial charge is 0.480 e. The van der Waals surface area contributed by atoms with Gasteiger partial charge in [0.05, 0.1) is 11.0 Å². The molecule has 0 bridgehead atoms. The summed E-state index contributed by atoms with van der Waals surface area (Å²) >= 11 is 5.93. The molecule has 0 unspecified atom stereocenters. The summed E-state index contributed by atoms with van der Waals surface area (Å²) in [6, 6.07) is 15.6. The first-order valence-electron chi connectivity index (χ1n) is 7.04. The van der Waals surface area contributed by atoms with Gasteiger partial charge in [-0.05, 0) is 29.8 Å². The van der Waals surface area contributed by atoms with Crippen LogP contribution in [-0.4, -0.2) is 24.7 Å². The number of nitrogens with zero attached hydrogens (tertiary/aromatic N) is 1. The van der Waals surface area contributed by atoms with Crippen LogP contribution in [0.25, 0.3) is 0 Å². The van der Waals surface area contributed by atoms with Gasteiger partial charge in [-0.2, -0.15) is 5.26 Å². The predicted octanol–water partition coefficient (Wildman–Crippen LogP) is 2.87. The minimum Gasteiger partial charge on any atom is -0.480 e. The number of halogens is 1. The average molecular weight is 362 g/mol. The molecule has 5 nitrogen and oxygen atoms in total. The van der Waals surface area contributed by atoms with Crippen molar-refractivity contribution in [2.45, 2.75) is 16.1 Å². The van der Waals surface area contributed by atoms with E-state index < -0.39 is 32.4 Å². The van der Waals surface area contributed by atoms with Gasteiger partial charge in [-0.25, -0.2) is 8.42 Å². The van der Waals surface area contributed by atoms with Crippen molar-refractivity contribution in [1.82, 2.24) is 0 Å². The highest BCUT2D eigenvalue weighted by molar-refractivity contribution is 7.92. The van der Waals surface area contributed by atoms with Gasteiger partial charge >= 0.3 is 5.97 Å². The summed E-state index contributed by atoms with van der Waals surface area (Å²) in [7, 11) is -3.99. The third-order valence-corrected chi connectivity index (χ3v) is 6.76. The molecule has 2 aromatic rings. The maximum absolute atomic E-state index is 12.9. The Morgan fingerprint density at radius 3 is 2.38 bits per heavy atom. The first kappa shape index (κ1) is 16.5. The summed E-state index contributed by atoms with van der Waals surface area (Å²) in [5.41, 5.74) is -1.59. The Labute approximate surface area is 144 Å². The van der Waals surface area contributed by atoms with E-state index in [2.05, 4.69) is 0 Å². The van der Waals surface area contributed by atoms with Crippen molar-refractivity contribution in [3.63, 3.8) is 0 Å². The first-order chi connectivity index (χ1) is 11.4. The molecule has 3 atom stereocenters. The third kappa shape index (κ3) is 2.29. The van der Waals surface area contributed by atoms with Crippen LogP contribution in [0, 0.1) is 16.7 Å². The summed E-state index contributed by atoms with van der Waals surface area (Å²) < 4.78 is 25.8. The fourth-order valence-electron chi connectivity index (χ4n) is 3.11. The van der Waals surface area contributed by atoms with Gasteiger partial charge in [-0.3, -0.25) is 4.79 Å². The summed E-state index contributed by atoms with van der Waals surface area (Å²) in [6.45, 7) is 0. The Morgan fingerprint density at radius 1 is 1.17 bits per heavy atom. The Bertz CT molecular complexity index is 952. The maximum Gasteiger partial charge on any atom is 0.326 e. The number of carboxylic acid groups (broad SMARTS) is 1. The van der Waals surface area contributed by atoms with Crippen molar-refractivity contribution in [3.05, 3.63) is 65.2 Å². The van der Waals surface area contributed by atoms with Gasteiger partial charge in [0, 0.05) is 10.9 Å². The van der Waals surface area contributed by atoms with Gasteiger partial charge in [0.2, 0.25) is 0 Å². The van der Waals surface area contributed by atoms with Crippen LogP contribution in [-0.2, 0) is 14.6 Å². The van der Waals surface area contributed by atoms with Gasteiger partial charge in [0.1, 0.15) is 5.25 Å². The van der Waals surface area contributed by atoms with E-state index in [4.69, 9.17) is 11.6 Å². The van der Waals surface area contributed by atoms with Crippen molar-refractivity contribution in [2.24, 2.45) is 5.41 Å². The number of aliphatic carboxylic acids is 1. The summed E-state index contributed by atoms with van der Waals surface area (Å²) in [5, 5.41) is 18.0. The lowest BCUT2D eigenvalue weighted by Gasteiger charge is -2.04. The van der Waals surface area contributed by atoms with Crippen LogP contribution in [0.3, 0.4) is 0 Å². The van der Waals surface area contributed by atoms with Crippen molar-refractivity contribution < 1.29 is 18.3 Å². The predicted molar refractivity (Wildman–Crippen MR) is 87.3 cm³/mol. The molecule has 0 aromatic heterocycles. The van der Waals surface area contributed by atoms with Crippen LogP contribution in [0.5, 0.6) is 0 Å². The Hall–Kier alpha value is -2.36. The van der Waals surface area contributed by atoms with E-state index >= 15 is 0 Å². The van der Waals surface area contributed by atoms with Gasteiger partial charge in [0.25, 0.3) is 0 Å². The van der Waals surface area contributed by atoms with E-state index in [1.807, 2.05) is 0 Å². The number of rotatable bonds is 4. The molecule has 7 heteroatoms. The molecule has 0 spiro atoms. The molecule has 0 aliphatic heterocycles. The summed E-state index contributed by atoms with van der Waals surface area (Å²) in [4.78, 5) is 11.8. The lowest BCUT2D eigenvalue weighted by molar-refractivity contribution is -0.141. The number of carbonyl (C=O) groups is 1. The zero-order chi connectivity index (χ0) is 17.5. The van der Waals surface area contributed by atoms with Crippen LogP contribution in [0.4, 0.5) is 0 Å². The minimum absolute atomic E-state index is 0.000373. The fourth-order valence-corrected chi connectivity index (χ4v) is 5.58. The number of nitriles is 1. The Morgan fingerprint density at radius 2 is 1.83 bits per heavy atom. The van der Waals surface area contributed by atoms with E-state index in [1.165, 1.54) is 18.2 Å². The topological polar surface area (TPSA) is 95.2 Å². The second-order valence-corrected chi connectivity index (χ2v) is 8.10. The van der Waals surface area contributed by atoms with E-state index in [0.29, 0.717) is 10.6 Å². The molecule has 0 radical (unpaired) electrons.